The van der Waals surface area contributed by atoms with Gasteiger partial charge in [0, 0.05) is 11.5 Å². The Bertz CT molecular complexity index is 704. The minimum Gasteiger partial charge on any atom is -0.287 e. The van der Waals surface area contributed by atoms with Crippen LogP contribution in [0.25, 0.3) is 5.70 Å². The molecule has 0 bridgehead atoms. The second-order valence-electron chi connectivity index (χ2n) is 4.55. The van der Waals surface area contributed by atoms with Gasteiger partial charge < -0.3 is 0 Å². The largest absolute Gasteiger partial charge is 0.287 e. The van der Waals surface area contributed by atoms with Crippen molar-refractivity contribution in [1.29, 1.82) is 0 Å². The van der Waals surface area contributed by atoms with E-state index in [2.05, 4.69) is 10.1 Å². The molecule has 1 heterocycles. The zero-order valence-electron chi connectivity index (χ0n) is 11.3. The van der Waals surface area contributed by atoms with E-state index < -0.39 is 0 Å². The lowest BCUT2D eigenvalue weighted by Gasteiger charge is -2.10. The molecule has 1 aromatic carbocycles. The van der Waals surface area contributed by atoms with Gasteiger partial charge in [-0.05, 0) is 50.0 Å². The highest BCUT2D eigenvalue weighted by atomic mass is 35.5. The Morgan fingerprint density at radius 1 is 1.14 bits per heavy atom. The van der Waals surface area contributed by atoms with Gasteiger partial charge in [-0.15, -0.1) is 0 Å². The van der Waals surface area contributed by atoms with E-state index in [1.807, 2.05) is 25.7 Å². The first kappa shape index (κ1) is 15.3. The number of ketones is 1. The maximum absolute atomic E-state index is 12.8. The van der Waals surface area contributed by atoms with E-state index >= 15 is 0 Å². The van der Waals surface area contributed by atoms with Crippen LogP contribution in [0.1, 0.15) is 10.4 Å². The van der Waals surface area contributed by atoms with E-state index in [0.29, 0.717) is 21.3 Å². The summed E-state index contributed by atoms with van der Waals surface area (Å²) in [5.41, 5.74) is 0.810. The van der Waals surface area contributed by atoms with Crippen molar-refractivity contribution in [2.45, 2.75) is 0 Å². The topological polar surface area (TPSA) is 47.8 Å². The number of benzene rings is 1. The minimum atomic E-state index is -0.217. The van der Waals surface area contributed by atoms with E-state index in [9.17, 15) is 4.79 Å². The lowest BCUT2D eigenvalue weighted by atomic mass is 10.0. The summed E-state index contributed by atoms with van der Waals surface area (Å²) in [4.78, 5) is 16.7. The maximum atomic E-state index is 12.8. The zero-order chi connectivity index (χ0) is 15.5. The molecular weight excluding hydrogens is 321 g/mol. The molecule has 0 atom stereocenters. The highest BCUT2D eigenvalue weighted by Gasteiger charge is 2.21. The van der Waals surface area contributed by atoms with Crippen molar-refractivity contribution in [2.75, 3.05) is 0 Å². The first-order valence-electron chi connectivity index (χ1n) is 6.43. The minimum absolute atomic E-state index is 0.217. The Morgan fingerprint density at radius 3 is 2.55 bits per heavy atom. The highest BCUT2D eigenvalue weighted by Crippen LogP contribution is 2.28. The molecule has 2 aromatic rings. The Kier molecular flexibility index (Phi) is 4.60. The SMILES string of the molecule is O=C(/C(=C/[C]1[CH][CH][CH][CH]1)n1cncn1)c1ccc(Cl)c(Cl)c1. The van der Waals surface area contributed by atoms with Gasteiger partial charge in [0.25, 0.3) is 0 Å². The van der Waals surface area contributed by atoms with Crippen molar-refractivity contribution in [3.63, 3.8) is 0 Å². The molecule has 22 heavy (non-hydrogen) atoms. The molecule has 0 unspecified atom stereocenters. The van der Waals surface area contributed by atoms with Gasteiger partial charge in [0.05, 0.1) is 10.0 Å². The third-order valence-corrected chi connectivity index (χ3v) is 3.81. The number of hydrogen-bond donors (Lipinski definition) is 0. The van der Waals surface area contributed by atoms with Crippen molar-refractivity contribution in [2.24, 2.45) is 0 Å². The summed E-state index contributed by atoms with van der Waals surface area (Å²) >= 11 is 11.9. The fourth-order valence-electron chi connectivity index (χ4n) is 2.00. The number of allylic oxidation sites excluding steroid dienone is 2. The molecule has 1 aliphatic carbocycles. The lowest BCUT2D eigenvalue weighted by Crippen LogP contribution is -2.11. The molecule has 6 heteroatoms. The van der Waals surface area contributed by atoms with Crippen LogP contribution in [0.3, 0.4) is 0 Å². The summed E-state index contributed by atoms with van der Waals surface area (Å²) < 4.78 is 1.43. The van der Waals surface area contributed by atoms with Crippen LogP contribution in [0.5, 0.6) is 0 Å². The Labute approximate surface area is 138 Å². The molecule has 0 N–H and O–H groups in total. The summed E-state index contributed by atoms with van der Waals surface area (Å²) in [7, 11) is 0. The van der Waals surface area contributed by atoms with Crippen LogP contribution in [0.4, 0.5) is 0 Å². The average Bonchev–Trinajstić information content (AvgIpc) is 3.20. The van der Waals surface area contributed by atoms with Crippen molar-refractivity contribution >= 4 is 34.7 Å². The standard InChI is InChI=1S/C16H10Cl2N3O/c17-13-6-5-12(8-14(13)18)16(22)15(21-10-19-9-20-21)7-11-3-1-2-4-11/h1-10H/b15-7-. The van der Waals surface area contributed by atoms with Crippen LogP contribution in [-0.2, 0) is 0 Å². The van der Waals surface area contributed by atoms with Gasteiger partial charge in [-0.3, -0.25) is 4.79 Å². The van der Waals surface area contributed by atoms with E-state index in [1.165, 1.54) is 17.3 Å². The monoisotopic (exact) mass is 330 g/mol. The molecule has 109 valence electrons. The summed E-state index contributed by atoms with van der Waals surface area (Å²) in [6, 6.07) is 4.77. The van der Waals surface area contributed by atoms with E-state index in [4.69, 9.17) is 23.2 Å². The van der Waals surface area contributed by atoms with Crippen molar-refractivity contribution in [1.82, 2.24) is 14.8 Å². The third kappa shape index (κ3) is 3.23. The molecule has 5 radical (unpaired) electrons. The second kappa shape index (κ2) is 6.63. The number of rotatable bonds is 4. The Balaban J connectivity index is 1.97. The van der Waals surface area contributed by atoms with Gasteiger partial charge >= 0.3 is 0 Å². The number of carbonyl (C=O) groups is 1. The maximum Gasteiger partial charge on any atom is 0.211 e. The van der Waals surface area contributed by atoms with E-state index in [-0.39, 0.29) is 5.78 Å². The molecule has 1 aromatic heterocycles. The van der Waals surface area contributed by atoms with Crippen molar-refractivity contribution in [3.05, 3.63) is 84.1 Å². The van der Waals surface area contributed by atoms with Gasteiger partial charge in [0.1, 0.15) is 18.4 Å². The van der Waals surface area contributed by atoms with Crippen LogP contribution in [0.15, 0.2) is 36.9 Å². The summed E-state index contributed by atoms with van der Waals surface area (Å²) in [5.74, 6) is 0.684. The first-order chi connectivity index (χ1) is 10.6. The molecule has 1 aliphatic rings. The summed E-state index contributed by atoms with van der Waals surface area (Å²) in [5, 5.41) is 4.78. The fraction of sp³-hybridized carbons (Fsp3) is 0. The van der Waals surface area contributed by atoms with E-state index in [1.54, 1.807) is 24.3 Å². The molecule has 0 aliphatic heterocycles. The summed E-state index contributed by atoms with van der Waals surface area (Å²) in [6.45, 7) is 0. The third-order valence-electron chi connectivity index (χ3n) is 3.07. The molecule has 0 amide bonds. The molecule has 0 spiro atoms. The number of Topliss-reactive ketones (excluding diaryl/α,β-unsaturated/α-hetero) is 1. The quantitative estimate of drug-likeness (QED) is 0.634. The Hall–Kier alpha value is -1.65. The van der Waals surface area contributed by atoms with Gasteiger partial charge in [0.15, 0.2) is 0 Å². The lowest BCUT2D eigenvalue weighted by molar-refractivity contribution is 0.105. The number of carbonyl (C=O) groups excluding carboxylic acids is 1. The average molecular weight is 331 g/mol. The number of halogens is 2. The second-order valence-corrected chi connectivity index (χ2v) is 5.36. The fourth-order valence-corrected chi connectivity index (χ4v) is 2.29. The van der Waals surface area contributed by atoms with Gasteiger partial charge in [-0.25, -0.2) is 9.67 Å². The molecule has 1 fully saturated rings. The predicted molar refractivity (Wildman–Crippen MR) is 85.5 cm³/mol. The van der Waals surface area contributed by atoms with Crippen molar-refractivity contribution in [3.8, 4) is 0 Å². The first-order valence-corrected chi connectivity index (χ1v) is 7.19. The zero-order valence-corrected chi connectivity index (χ0v) is 12.8. The molecule has 4 nitrogen and oxygen atoms in total. The van der Waals surface area contributed by atoms with Crippen LogP contribution in [0, 0.1) is 31.6 Å². The summed E-state index contributed by atoms with van der Waals surface area (Å²) in [6.07, 6.45) is 12.2. The molecule has 0 saturated heterocycles. The van der Waals surface area contributed by atoms with Crippen LogP contribution >= 0.6 is 23.2 Å². The van der Waals surface area contributed by atoms with Crippen molar-refractivity contribution < 1.29 is 4.79 Å². The van der Waals surface area contributed by atoms with Gasteiger partial charge in [0.2, 0.25) is 5.78 Å². The van der Waals surface area contributed by atoms with Gasteiger partial charge in [-0.2, -0.15) is 5.10 Å². The molecule has 3 rings (SSSR count). The van der Waals surface area contributed by atoms with Crippen LogP contribution in [0.2, 0.25) is 10.0 Å². The molecular formula is C16H10Cl2N3O. The predicted octanol–water partition coefficient (Wildman–Crippen LogP) is 3.71. The Morgan fingerprint density at radius 2 is 1.91 bits per heavy atom. The number of aromatic nitrogens is 3. The smallest absolute Gasteiger partial charge is 0.211 e. The van der Waals surface area contributed by atoms with Crippen LogP contribution in [-0.4, -0.2) is 20.5 Å². The number of hydrogen-bond acceptors (Lipinski definition) is 3. The van der Waals surface area contributed by atoms with E-state index in [0.717, 1.165) is 5.92 Å². The molecule has 1 saturated carbocycles. The van der Waals surface area contributed by atoms with Crippen LogP contribution < -0.4 is 0 Å². The number of nitrogens with zero attached hydrogens (tertiary/aromatic N) is 3. The normalized spacial score (nSPS) is 16.2. The highest BCUT2D eigenvalue weighted by molar-refractivity contribution is 6.42. The van der Waals surface area contributed by atoms with Gasteiger partial charge in [-0.1, -0.05) is 23.2 Å².